The number of aromatic amines is 1. The van der Waals surface area contributed by atoms with Crippen molar-refractivity contribution in [3.8, 4) is 0 Å². The second-order valence-corrected chi connectivity index (χ2v) is 4.35. The van der Waals surface area contributed by atoms with Gasteiger partial charge >= 0.3 is 0 Å². The number of amides is 1. The van der Waals surface area contributed by atoms with Gasteiger partial charge in [0.05, 0.1) is 21.7 Å². The summed E-state index contributed by atoms with van der Waals surface area (Å²) < 4.78 is 0. The summed E-state index contributed by atoms with van der Waals surface area (Å²) in [5.74, 6) is 0.0429. The Hall–Kier alpha value is -1.66. The lowest BCUT2D eigenvalue weighted by Crippen LogP contribution is -2.27. The van der Waals surface area contributed by atoms with E-state index in [9.17, 15) is 4.79 Å². The highest BCUT2D eigenvalue weighted by atomic mass is 35.5. The Morgan fingerprint density at radius 1 is 1.44 bits per heavy atom. The number of carbonyl (C=O) groups is 1. The number of tetrazole rings is 1. The van der Waals surface area contributed by atoms with Crippen molar-refractivity contribution in [3.05, 3.63) is 39.6 Å². The van der Waals surface area contributed by atoms with Gasteiger partial charge in [-0.1, -0.05) is 34.5 Å². The van der Waals surface area contributed by atoms with Gasteiger partial charge in [0, 0.05) is 0 Å². The van der Waals surface area contributed by atoms with Gasteiger partial charge in [-0.05, 0) is 19.1 Å². The number of nitrogens with one attached hydrogen (secondary N) is 2. The molecule has 0 saturated carbocycles. The second-order valence-electron chi connectivity index (χ2n) is 3.57. The lowest BCUT2D eigenvalue weighted by Gasteiger charge is -2.11. The first-order valence-corrected chi connectivity index (χ1v) is 5.83. The van der Waals surface area contributed by atoms with E-state index in [1.807, 2.05) is 0 Å². The molecule has 0 bridgehead atoms. The van der Waals surface area contributed by atoms with E-state index in [0.717, 1.165) is 0 Å². The van der Waals surface area contributed by atoms with E-state index < -0.39 is 0 Å². The Bertz CT molecular complexity index is 557. The molecule has 0 aliphatic rings. The smallest absolute Gasteiger partial charge is 0.253 e. The van der Waals surface area contributed by atoms with Gasteiger partial charge in [-0.15, -0.1) is 10.2 Å². The van der Waals surface area contributed by atoms with E-state index in [2.05, 4.69) is 25.9 Å². The maximum Gasteiger partial charge on any atom is 0.253 e. The summed E-state index contributed by atoms with van der Waals surface area (Å²) in [6.07, 6.45) is 0. The van der Waals surface area contributed by atoms with Crippen molar-refractivity contribution in [2.45, 2.75) is 13.0 Å². The van der Waals surface area contributed by atoms with Crippen molar-refractivity contribution < 1.29 is 4.79 Å². The van der Waals surface area contributed by atoms with Crippen LogP contribution in [0.2, 0.25) is 10.0 Å². The predicted octanol–water partition coefficient (Wildman–Crippen LogP) is 2.00. The predicted molar refractivity (Wildman–Crippen MR) is 66.5 cm³/mol. The average Bonchev–Trinajstić information content (AvgIpc) is 2.86. The van der Waals surface area contributed by atoms with Gasteiger partial charge in [0.25, 0.3) is 5.91 Å². The van der Waals surface area contributed by atoms with Crippen molar-refractivity contribution in [1.82, 2.24) is 25.9 Å². The lowest BCUT2D eigenvalue weighted by atomic mass is 10.2. The highest BCUT2D eigenvalue weighted by molar-refractivity contribution is 6.43. The molecule has 2 N–H and O–H groups in total. The van der Waals surface area contributed by atoms with E-state index >= 15 is 0 Å². The third-order valence-corrected chi connectivity index (χ3v) is 3.11. The molecular formula is C10H9Cl2N5O. The van der Waals surface area contributed by atoms with Gasteiger partial charge < -0.3 is 5.32 Å². The summed E-state index contributed by atoms with van der Waals surface area (Å²) in [6, 6.07) is 4.48. The fraction of sp³-hybridized carbons (Fsp3) is 0.200. The number of benzene rings is 1. The standard InChI is InChI=1S/C10H9Cl2N5O/c1-5(9-14-16-17-15-9)13-10(18)6-3-2-4-7(11)8(6)12/h2-5H,1H3,(H,13,18)(H,14,15,16,17). The molecule has 0 saturated heterocycles. The highest BCUT2D eigenvalue weighted by Crippen LogP contribution is 2.25. The van der Waals surface area contributed by atoms with E-state index in [0.29, 0.717) is 16.4 Å². The van der Waals surface area contributed by atoms with Gasteiger partial charge in [0.1, 0.15) is 0 Å². The zero-order chi connectivity index (χ0) is 13.1. The molecule has 0 aliphatic heterocycles. The van der Waals surface area contributed by atoms with Crippen LogP contribution in [0.3, 0.4) is 0 Å². The van der Waals surface area contributed by atoms with Gasteiger partial charge in [-0.2, -0.15) is 5.21 Å². The molecule has 94 valence electrons. The minimum atomic E-state index is -0.383. The largest absolute Gasteiger partial charge is 0.342 e. The van der Waals surface area contributed by atoms with E-state index in [4.69, 9.17) is 23.2 Å². The van der Waals surface area contributed by atoms with E-state index in [1.165, 1.54) is 0 Å². The molecule has 1 atom stereocenters. The fourth-order valence-corrected chi connectivity index (χ4v) is 1.76. The topological polar surface area (TPSA) is 83.6 Å². The molecule has 1 aromatic heterocycles. The molecular weight excluding hydrogens is 277 g/mol. The van der Waals surface area contributed by atoms with E-state index in [1.54, 1.807) is 25.1 Å². The maximum absolute atomic E-state index is 12.0. The van der Waals surface area contributed by atoms with Crippen molar-refractivity contribution in [2.24, 2.45) is 0 Å². The molecule has 8 heteroatoms. The van der Waals surface area contributed by atoms with Crippen LogP contribution in [0.4, 0.5) is 0 Å². The fourth-order valence-electron chi connectivity index (χ4n) is 1.37. The Kier molecular flexibility index (Phi) is 3.78. The Balaban J connectivity index is 2.15. The Morgan fingerprint density at radius 3 is 2.89 bits per heavy atom. The molecule has 2 rings (SSSR count). The third-order valence-electron chi connectivity index (χ3n) is 2.29. The first-order chi connectivity index (χ1) is 8.59. The molecule has 1 heterocycles. The second kappa shape index (κ2) is 5.32. The molecule has 0 spiro atoms. The van der Waals surface area contributed by atoms with Crippen LogP contribution in [0.15, 0.2) is 18.2 Å². The first-order valence-electron chi connectivity index (χ1n) is 5.08. The number of rotatable bonds is 3. The van der Waals surface area contributed by atoms with Crippen LogP contribution < -0.4 is 5.32 Å². The van der Waals surface area contributed by atoms with Crippen LogP contribution in [0.1, 0.15) is 29.1 Å². The van der Waals surface area contributed by atoms with Crippen LogP contribution in [0.25, 0.3) is 0 Å². The van der Waals surface area contributed by atoms with E-state index in [-0.39, 0.29) is 17.0 Å². The summed E-state index contributed by atoms with van der Waals surface area (Å²) in [6.45, 7) is 1.74. The third kappa shape index (κ3) is 2.60. The molecule has 1 unspecified atom stereocenters. The molecule has 1 aromatic carbocycles. The molecule has 6 nitrogen and oxygen atoms in total. The molecule has 0 fully saturated rings. The van der Waals surface area contributed by atoms with Gasteiger partial charge in [-0.25, -0.2) is 0 Å². The molecule has 18 heavy (non-hydrogen) atoms. The normalized spacial score (nSPS) is 12.2. The average molecular weight is 286 g/mol. The van der Waals surface area contributed by atoms with Crippen LogP contribution in [0.5, 0.6) is 0 Å². The number of hydrogen-bond donors (Lipinski definition) is 2. The minimum absolute atomic E-state index is 0.219. The van der Waals surface area contributed by atoms with Gasteiger partial charge in [-0.3, -0.25) is 4.79 Å². The summed E-state index contributed by atoms with van der Waals surface area (Å²) >= 11 is 11.8. The monoisotopic (exact) mass is 285 g/mol. The van der Waals surface area contributed by atoms with Gasteiger partial charge in [0.2, 0.25) is 0 Å². The Morgan fingerprint density at radius 2 is 2.22 bits per heavy atom. The molecule has 0 aliphatic carbocycles. The minimum Gasteiger partial charge on any atom is -0.342 e. The number of H-pyrrole nitrogens is 1. The Labute approximate surface area is 113 Å². The van der Waals surface area contributed by atoms with Gasteiger partial charge in [0.15, 0.2) is 5.82 Å². The van der Waals surface area contributed by atoms with Crippen LogP contribution in [-0.4, -0.2) is 26.5 Å². The summed E-state index contributed by atoms with van der Waals surface area (Å²) in [7, 11) is 0. The summed E-state index contributed by atoms with van der Waals surface area (Å²) in [5, 5.41) is 16.5. The SMILES string of the molecule is CC(NC(=O)c1cccc(Cl)c1Cl)c1nn[nH]n1. The zero-order valence-electron chi connectivity index (χ0n) is 9.32. The number of nitrogens with zero attached hydrogens (tertiary/aromatic N) is 3. The molecule has 0 radical (unpaired) electrons. The summed E-state index contributed by atoms with van der Waals surface area (Å²) in [5.41, 5.74) is 0.305. The number of carbonyl (C=O) groups excluding carboxylic acids is 1. The zero-order valence-corrected chi connectivity index (χ0v) is 10.8. The van der Waals surface area contributed by atoms with Crippen molar-refractivity contribution in [1.29, 1.82) is 0 Å². The quantitative estimate of drug-likeness (QED) is 0.903. The maximum atomic E-state index is 12.0. The lowest BCUT2D eigenvalue weighted by molar-refractivity contribution is 0.0938. The summed E-state index contributed by atoms with van der Waals surface area (Å²) in [4.78, 5) is 12.0. The number of hydrogen-bond acceptors (Lipinski definition) is 4. The number of aromatic nitrogens is 4. The molecule has 1 amide bonds. The number of halogens is 2. The van der Waals surface area contributed by atoms with Crippen molar-refractivity contribution >= 4 is 29.1 Å². The van der Waals surface area contributed by atoms with Crippen LogP contribution in [-0.2, 0) is 0 Å². The first kappa shape index (κ1) is 12.8. The molecule has 2 aromatic rings. The van der Waals surface area contributed by atoms with Crippen LogP contribution in [0, 0.1) is 0 Å². The van der Waals surface area contributed by atoms with Crippen LogP contribution >= 0.6 is 23.2 Å². The van der Waals surface area contributed by atoms with Crippen molar-refractivity contribution in [2.75, 3.05) is 0 Å². The highest BCUT2D eigenvalue weighted by Gasteiger charge is 2.17. The van der Waals surface area contributed by atoms with Crippen molar-refractivity contribution in [3.63, 3.8) is 0 Å².